The zero-order valence-electron chi connectivity index (χ0n) is 16.2. The molecule has 2 aliphatic heterocycles. The zero-order valence-corrected chi connectivity index (χ0v) is 17.8. The normalized spacial score (nSPS) is 29.3. The van der Waals surface area contributed by atoms with Crippen LogP contribution < -0.4 is 4.74 Å². The van der Waals surface area contributed by atoms with E-state index in [2.05, 4.69) is 0 Å². The number of fused-ring (bicyclic) bond motifs is 3. The number of sulfone groups is 1. The van der Waals surface area contributed by atoms with Gasteiger partial charge in [-0.15, -0.1) is 0 Å². The van der Waals surface area contributed by atoms with Crippen LogP contribution >= 0.6 is 11.6 Å². The lowest BCUT2D eigenvalue weighted by Gasteiger charge is -2.55. The molecule has 10 heteroatoms. The van der Waals surface area contributed by atoms with E-state index in [4.69, 9.17) is 25.8 Å². The van der Waals surface area contributed by atoms with E-state index >= 15 is 4.39 Å². The largest absolute Gasteiger partial charge is 0.487 e. The van der Waals surface area contributed by atoms with Gasteiger partial charge in [0.15, 0.2) is 27.2 Å². The van der Waals surface area contributed by atoms with Crippen LogP contribution in [0, 0.1) is 11.6 Å². The number of halogens is 3. The second kappa shape index (κ2) is 6.86. The molecule has 0 amide bonds. The van der Waals surface area contributed by atoms with Gasteiger partial charge in [-0.05, 0) is 42.8 Å². The molecule has 0 aromatic heterocycles. The molecule has 2 fully saturated rings. The van der Waals surface area contributed by atoms with E-state index in [9.17, 15) is 17.9 Å². The molecule has 2 heterocycles. The molecule has 0 unspecified atom stereocenters. The zero-order chi connectivity index (χ0) is 22.1. The standard InChI is InChI=1S/C21H19ClF2O6S/c22-13-1-3-14(4-2-13)31(26,27)21-8-7-20(29-9-10-30-20)11-19(21,25)12-28-18-16(24)6-5-15(23)17(18)21/h1-6,25H,7-12H2/t19-,21-/m1/s1. The molecule has 2 aromatic rings. The van der Waals surface area contributed by atoms with Crippen LogP contribution in [0.2, 0.25) is 5.02 Å². The summed E-state index contributed by atoms with van der Waals surface area (Å²) in [6.07, 6.45) is -0.467. The van der Waals surface area contributed by atoms with Gasteiger partial charge in [-0.25, -0.2) is 17.2 Å². The number of rotatable bonds is 2. The quantitative estimate of drug-likeness (QED) is 0.722. The molecule has 1 spiro atoms. The van der Waals surface area contributed by atoms with Crippen molar-refractivity contribution in [1.29, 1.82) is 0 Å². The Balaban J connectivity index is 1.80. The fourth-order valence-corrected chi connectivity index (χ4v) is 7.60. The van der Waals surface area contributed by atoms with Gasteiger partial charge < -0.3 is 19.3 Å². The predicted molar refractivity (Wildman–Crippen MR) is 106 cm³/mol. The Morgan fingerprint density at radius 3 is 2.29 bits per heavy atom. The summed E-state index contributed by atoms with van der Waals surface area (Å²) in [7, 11) is -4.46. The summed E-state index contributed by atoms with van der Waals surface area (Å²) in [5, 5.41) is 12.1. The van der Waals surface area contributed by atoms with Gasteiger partial charge in [-0.1, -0.05) is 11.6 Å². The van der Waals surface area contributed by atoms with E-state index in [1.807, 2.05) is 0 Å². The van der Waals surface area contributed by atoms with Gasteiger partial charge >= 0.3 is 0 Å². The molecule has 0 bridgehead atoms. The molecule has 1 saturated carbocycles. The summed E-state index contributed by atoms with van der Waals surface area (Å²) in [6, 6.07) is 7.06. The van der Waals surface area contributed by atoms with E-state index in [1.54, 1.807) is 0 Å². The van der Waals surface area contributed by atoms with E-state index in [1.165, 1.54) is 24.3 Å². The minimum Gasteiger partial charge on any atom is -0.487 e. The second-order valence-corrected chi connectivity index (χ2v) is 10.7. The fourth-order valence-electron chi connectivity index (χ4n) is 5.12. The molecule has 1 aliphatic carbocycles. The van der Waals surface area contributed by atoms with Gasteiger partial charge in [-0.3, -0.25) is 0 Å². The molecule has 0 radical (unpaired) electrons. The third kappa shape index (κ3) is 2.80. The van der Waals surface area contributed by atoms with E-state index in [-0.39, 0.29) is 37.4 Å². The number of hydrogen-bond donors (Lipinski definition) is 1. The molecule has 1 saturated heterocycles. The SMILES string of the molecule is O=S(=O)(c1ccc(Cl)cc1)[C@@]12CCC3(C[C@@]1(O)COc1c(F)ccc(F)c12)OCCO3. The van der Waals surface area contributed by atoms with E-state index < -0.39 is 55.5 Å². The highest BCUT2D eigenvalue weighted by Gasteiger charge is 2.70. The molecule has 2 aromatic carbocycles. The molecule has 1 N–H and O–H groups in total. The van der Waals surface area contributed by atoms with E-state index in [0.717, 1.165) is 12.1 Å². The van der Waals surface area contributed by atoms with Gasteiger partial charge in [0.25, 0.3) is 0 Å². The van der Waals surface area contributed by atoms with Crippen molar-refractivity contribution in [3.8, 4) is 5.75 Å². The Kier molecular flexibility index (Phi) is 4.66. The number of hydrogen-bond acceptors (Lipinski definition) is 6. The lowest BCUT2D eigenvalue weighted by atomic mass is 9.67. The minimum atomic E-state index is -4.46. The Morgan fingerprint density at radius 1 is 0.968 bits per heavy atom. The van der Waals surface area contributed by atoms with Crippen LogP contribution in [-0.4, -0.2) is 44.7 Å². The van der Waals surface area contributed by atoms with Crippen LogP contribution in [0.5, 0.6) is 5.75 Å². The highest BCUT2D eigenvalue weighted by Crippen LogP contribution is 2.61. The van der Waals surface area contributed by atoms with E-state index in [0.29, 0.717) is 5.02 Å². The summed E-state index contributed by atoms with van der Waals surface area (Å²) in [6.45, 7) is 0.00254. The van der Waals surface area contributed by atoms with Crippen LogP contribution in [0.1, 0.15) is 24.8 Å². The van der Waals surface area contributed by atoms with Crippen LogP contribution in [0.3, 0.4) is 0 Å². The maximum absolute atomic E-state index is 15.2. The van der Waals surface area contributed by atoms with Crippen molar-refractivity contribution in [3.05, 3.63) is 58.6 Å². The summed E-state index contributed by atoms with van der Waals surface area (Å²) in [5.74, 6) is -3.60. The first-order valence-corrected chi connectivity index (χ1v) is 11.6. The average Bonchev–Trinajstić information content (AvgIpc) is 3.17. The average molecular weight is 473 g/mol. The van der Waals surface area contributed by atoms with Gasteiger partial charge in [0.05, 0.1) is 23.7 Å². The van der Waals surface area contributed by atoms with Crippen molar-refractivity contribution in [1.82, 2.24) is 0 Å². The maximum atomic E-state index is 15.2. The summed E-state index contributed by atoms with van der Waals surface area (Å²) >= 11 is 5.91. The second-order valence-electron chi connectivity index (χ2n) is 8.12. The monoisotopic (exact) mass is 472 g/mol. The van der Waals surface area contributed by atoms with Gasteiger partial charge in [0.1, 0.15) is 22.8 Å². The summed E-state index contributed by atoms with van der Waals surface area (Å²) in [4.78, 5) is -0.170. The van der Waals surface area contributed by atoms with Crippen molar-refractivity contribution in [2.75, 3.05) is 19.8 Å². The molecular formula is C21H19ClF2O6S. The lowest BCUT2D eigenvalue weighted by Crippen LogP contribution is -2.68. The van der Waals surface area contributed by atoms with Crippen LogP contribution in [0.4, 0.5) is 8.78 Å². The molecule has 5 rings (SSSR count). The highest BCUT2D eigenvalue weighted by atomic mass is 35.5. The van der Waals surface area contributed by atoms with Crippen LogP contribution in [0.15, 0.2) is 41.3 Å². The predicted octanol–water partition coefficient (Wildman–Crippen LogP) is 3.34. The fraction of sp³-hybridized carbons (Fsp3) is 0.429. The van der Waals surface area contributed by atoms with Crippen LogP contribution in [-0.2, 0) is 24.1 Å². The highest BCUT2D eigenvalue weighted by molar-refractivity contribution is 7.92. The molecule has 3 aliphatic rings. The smallest absolute Gasteiger partial charge is 0.191 e. The third-order valence-electron chi connectivity index (χ3n) is 6.49. The summed E-state index contributed by atoms with van der Waals surface area (Å²) in [5.41, 5.74) is -2.65. The lowest BCUT2D eigenvalue weighted by molar-refractivity contribution is -0.237. The molecular weight excluding hydrogens is 454 g/mol. The van der Waals surface area contributed by atoms with Crippen molar-refractivity contribution >= 4 is 21.4 Å². The van der Waals surface area contributed by atoms with Gasteiger partial charge in [-0.2, -0.15) is 0 Å². The Hall–Kier alpha value is -1.78. The number of benzene rings is 2. The Labute approximate surface area is 182 Å². The van der Waals surface area contributed by atoms with Crippen LogP contribution in [0.25, 0.3) is 0 Å². The van der Waals surface area contributed by atoms with Crippen molar-refractivity contribution in [3.63, 3.8) is 0 Å². The van der Waals surface area contributed by atoms with Gasteiger partial charge in [0, 0.05) is 17.9 Å². The van der Waals surface area contributed by atoms with Crippen molar-refractivity contribution in [2.24, 2.45) is 0 Å². The molecule has 166 valence electrons. The first kappa shape index (κ1) is 21.1. The number of ether oxygens (including phenoxy) is 3. The Bertz CT molecular complexity index is 1150. The maximum Gasteiger partial charge on any atom is 0.191 e. The first-order chi connectivity index (χ1) is 14.6. The molecule has 6 nitrogen and oxygen atoms in total. The number of aliphatic hydroxyl groups is 1. The first-order valence-electron chi connectivity index (χ1n) is 9.76. The summed E-state index contributed by atoms with van der Waals surface area (Å²) < 4.78 is 72.5. The minimum absolute atomic E-state index is 0.0670. The van der Waals surface area contributed by atoms with Crippen molar-refractivity contribution < 1.29 is 36.5 Å². The molecule has 31 heavy (non-hydrogen) atoms. The topological polar surface area (TPSA) is 82.1 Å². The van der Waals surface area contributed by atoms with Gasteiger partial charge in [0.2, 0.25) is 0 Å². The third-order valence-corrected chi connectivity index (χ3v) is 9.34. The molecule has 2 atom stereocenters. The van der Waals surface area contributed by atoms with Crippen molar-refractivity contribution in [2.45, 2.75) is 40.3 Å². The Morgan fingerprint density at radius 2 is 1.61 bits per heavy atom.